The van der Waals surface area contributed by atoms with Gasteiger partial charge in [0.1, 0.15) is 16.9 Å². The first-order valence-electron chi connectivity index (χ1n) is 20.2. The average molecular weight is 757 g/mol. The molecule has 3 aliphatic carbocycles. The summed E-state index contributed by atoms with van der Waals surface area (Å²) in [5, 5.41) is 2.25. The summed E-state index contributed by atoms with van der Waals surface area (Å²) in [6.07, 6.45) is 17.6. The van der Waals surface area contributed by atoms with E-state index in [4.69, 9.17) is 24.4 Å². The molecule has 3 aliphatic rings. The molecule has 0 N–H and O–H groups in total. The zero-order chi connectivity index (χ0) is 39.1. The van der Waals surface area contributed by atoms with E-state index in [0.717, 1.165) is 67.7 Å². The van der Waals surface area contributed by atoms with E-state index in [2.05, 4.69) is 147 Å². The highest BCUT2D eigenvalue weighted by Crippen LogP contribution is 2.60. The van der Waals surface area contributed by atoms with Crippen LogP contribution in [0.3, 0.4) is 0 Å². The number of nitrogens with zero attached hydrogens (tertiary/aromatic N) is 4. The van der Waals surface area contributed by atoms with Crippen molar-refractivity contribution in [2.24, 2.45) is 0 Å². The van der Waals surface area contributed by atoms with Crippen molar-refractivity contribution >= 4 is 34.1 Å². The van der Waals surface area contributed by atoms with Gasteiger partial charge in [-0.3, -0.25) is 4.98 Å². The van der Waals surface area contributed by atoms with E-state index in [9.17, 15) is 0 Å². The summed E-state index contributed by atoms with van der Waals surface area (Å²) in [5.41, 5.74) is 15.6. The Morgan fingerprint density at radius 2 is 1.32 bits per heavy atom. The highest BCUT2D eigenvalue weighted by Gasteiger charge is 2.49. The molecule has 0 fully saturated rings. The van der Waals surface area contributed by atoms with Crippen LogP contribution in [-0.2, 0) is 10.8 Å². The third-order valence-electron chi connectivity index (χ3n) is 12.6. The molecular weight excluding hydrogens is 721 g/mol. The standard InChI is InChI=1S/C54H36N4O/c1-53(28-12-3-13-29-53)49-31-45(57-52(58-49)47-33-55-46(32-56-47)36-15-4-2-5-16-36)37-25-24-35-23-22-34-14-6-9-19-41(34)54(44(35)30-37)42-20-10-7-18-40(42)50-43(54)27-26-39-38-17-8-11-21-48(38)59-51(39)50/h2-28,30-33H,29H2,1H3. The Bertz CT molecular complexity index is 3270. The first kappa shape index (κ1) is 33.6. The molecule has 0 saturated carbocycles. The van der Waals surface area contributed by atoms with Gasteiger partial charge in [-0.15, -0.1) is 0 Å². The average Bonchev–Trinajstić information content (AvgIpc) is 3.78. The van der Waals surface area contributed by atoms with Gasteiger partial charge < -0.3 is 4.42 Å². The van der Waals surface area contributed by atoms with E-state index in [0.29, 0.717) is 11.5 Å². The molecule has 278 valence electrons. The van der Waals surface area contributed by atoms with Gasteiger partial charge in [0, 0.05) is 32.9 Å². The largest absolute Gasteiger partial charge is 0.455 e. The molecule has 2 unspecified atom stereocenters. The molecule has 5 heteroatoms. The monoisotopic (exact) mass is 756 g/mol. The van der Waals surface area contributed by atoms with Crippen LogP contribution < -0.4 is 0 Å². The minimum Gasteiger partial charge on any atom is -0.455 e. The Labute approximate surface area is 341 Å². The van der Waals surface area contributed by atoms with Crippen LogP contribution in [0.15, 0.2) is 181 Å². The number of furan rings is 1. The molecule has 0 bridgehead atoms. The van der Waals surface area contributed by atoms with Gasteiger partial charge in [0.25, 0.3) is 0 Å². The molecule has 1 spiro atoms. The maximum Gasteiger partial charge on any atom is 0.180 e. The maximum absolute atomic E-state index is 6.80. The van der Waals surface area contributed by atoms with E-state index in [1.165, 1.54) is 33.4 Å². The zero-order valence-corrected chi connectivity index (χ0v) is 32.3. The van der Waals surface area contributed by atoms with E-state index < -0.39 is 5.41 Å². The third kappa shape index (κ3) is 4.98. The van der Waals surface area contributed by atoms with Gasteiger partial charge in [-0.1, -0.05) is 165 Å². The molecule has 0 amide bonds. The van der Waals surface area contributed by atoms with Crippen LogP contribution in [0.25, 0.3) is 79.3 Å². The molecular formula is C54H36N4O. The van der Waals surface area contributed by atoms with E-state index in [1.807, 2.05) is 42.6 Å². The van der Waals surface area contributed by atoms with Crippen LogP contribution in [0.1, 0.15) is 52.4 Å². The molecule has 3 heterocycles. The number of hydrogen-bond acceptors (Lipinski definition) is 5. The molecule has 5 nitrogen and oxygen atoms in total. The van der Waals surface area contributed by atoms with Crippen LogP contribution in [-0.4, -0.2) is 19.9 Å². The number of aromatic nitrogens is 4. The smallest absolute Gasteiger partial charge is 0.180 e. The molecule has 9 aromatic rings. The molecule has 2 atom stereocenters. The van der Waals surface area contributed by atoms with Gasteiger partial charge in [-0.05, 0) is 63.6 Å². The topological polar surface area (TPSA) is 64.7 Å². The minimum atomic E-state index is -0.648. The van der Waals surface area contributed by atoms with Gasteiger partial charge in [0.2, 0.25) is 0 Å². The van der Waals surface area contributed by atoms with Gasteiger partial charge in [0.15, 0.2) is 5.82 Å². The van der Waals surface area contributed by atoms with Gasteiger partial charge >= 0.3 is 0 Å². The fraction of sp³-hybridized carbons (Fsp3) is 0.0741. The summed E-state index contributed by atoms with van der Waals surface area (Å²) >= 11 is 0. The van der Waals surface area contributed by atoms with Crippen molar-refractivity contribution in [1.29, 1.82) is 0 Å². The van der Waals surface area contributed by atoms with Crippen molar-refractivity contribution in [3.05, 3.63) is 215 Å². The molecule has 3 aromatic heterocycles. The lowest BCUT2D eigenvalue weighted by Gasteiger charge is -2.35. The Kier molecular flexibility index (Phi) is 7.27. The third-order valence-corrected chi connectivity index (χ3v) is 12.6. The molecule has 6 aromatic carbocycles. The first-order chi connectivity index (χ1) is 29.1. The normalized spacial score (nSPS) is 18.5. The molecule has 0 radical (unpaired) electrons. The van der Waals surface area contributed by atoms with Crippen molar-refractivity contribution in [2.45, 2.75) is 24.2 Å². The number of benzene rings is 6. The lowest BCUT2D eigenvalue weighted by atomic mass is 9.65. The molecule has 0 aliphatic heterocycles. The van der Waals surface area contributed by atoms with Crippen molar-refractivity contribution in [3.8, 4) is 45.2 Å². The summed E-state index contributed by atoms with van der Waals surface area (Å²) in [5.74, 6) is 0.549. The predicted octanol–water partition coefficient (Wildman–Crippen LogP) is 12.8. The van der Waals surface area contributed by atoms with E-state index in [-0.39, 0.29) is 5.41 Å². The van der Waals surface area contributed by atoms with Crippen LogP contribution >= 0.6 is 0 Å². The number of hydrogen-bond donors (Lipinski definition) is 0. The highest BCUT2D eigenvalue weighted by molar-refractivity contribution is 6.12. The summed E-state index contributed by atoms with van der Waals surface area (Å²) in [4.78, 5) is 20.2. The Morgan fingerprint density at radius 3 is 2.17 bits per heavy atom. The second kappa shape index (κ2) is 12.8. The van der Waals surface area contributed by atoms with Gasteiger partial charge in [-0.2, -0.15) is 0 Å². The summed E-state index contributed by atoms with van der Waals surface area (Å²) in [7, 11) is 0. The van der Waals surface area contributed by atoms with Crippen LogP contribution in [0.2, 0.25) is 0 Å². The van der Waals surface area contributed by atoms with Crippen molar-refractivity contribution in [1.82, 2.24) is 19.9 Å². The van der Waals surface area contributed by atoms with E-state index in [1.54, 1.807) is 6.20 Å². The molecule has 0 saturated heterocycles. The zero-order valence-electron chi connectivity index (χ0n) is 32.3. The predicted molar refractivity (Wildman–Crippen MR) is 238 cm³/mol. The van der Waals surface area contributed by atoms with Crippen LogP contribution in [0.4, 0.5) is 0 Å². The molecule has 12 rings (SSSR count). The number of fused-ring (bicyclic) bond motifs is 13. The Morgan fingerprint density at radius 1 is 0.559 bits per heavy atom. The van der Waals surface area contributed by atoms with Crippen molar-refractivity contribution in [2.75, 3.05) is 0 Å². The highest BCUT2D eigenvalue weighted by atomic mass is 16.3. The lowest BCUT2D eigenvalue weighted by Crippen LogP contribution is -2.30. The number of allylic oxidation sites excluding steroid dienone is 4. The SMILES string of the molecule is CC1(c2cc(-c3ccc4c(c3)C3(c5ccccc5C=C4)c4ccccc4-c4c3ccc3c4oc4ccccc43)nc(-c3cnc(-c4ccccc4)cn3)n2)C=CC=CC1. The fourth-order valence-electron chi connectivity index (χ4n) is 9.74. The molecule has 59 heavy (non-hydrogen) atoms. The maximum atomic E-state index is 6.80. The second-order valence-electron chi connectivity index (χ2n) is 16.0. The van der Waals surface area contributed by atoms with Gasteiger partial charge in [-0.25, -0.2) is 15.0 Å². The van der Waals surface area contributed by atoms with Crippen molar-refractivity contribution in [3.63, 3.8) is 0 Å². The lowest BCUT2D eigenvalue weighted by molar-refractivity contribution is 0.578. The Hall–Kier alpha value is -7.50. The van der Waals surface area contributed by atoms with E-state index >= 15 is 0 Å². The number of para-hydroxylation sites is 1. The summed E-state index contributed by atoms with van der Waals surface area (Å²) < 4.78 is 6.80. The van der Waals surface area contributed by atoms with Crippen LogP contribution in [0, 0.1) is 0 Å². The minimum absolute atomic E-state index is 0.325. The first-order valence-corrected chi connectivity index (χ1v) is 20.2. The van der Waals surface area contributed by atoms with Crippen LogP contribution in [0.5, 0.6) is 0 Å². The second-order valence-corrected chi connectivity index (χ2v) is 16.0. The summed E-state index contributed by atoms with van der Waals surface area (Å²) in [6, 6.07) is 49.8. The Balaban J connectivity index is 1.11. The fourth-order valence-corrected chi connectivity index (χ4v) is 9.74. The summed E-state index contributed by atoms with van der Waals surface area (Å²) in [6.45, 7) is 2.24. The van der Waals surface area contributed by atoms with Crippen molar-refractivity contribution < 1.29 is 4.42 Å². The quantitative estimate of drug-likeness (QED) is 0.179. The number of rotatable bonds is 4. The van der Waals surface area contributed by atoms with Gasteiger partial charge in [0.05, 0.1) is 34.9 Å².